The van der Waals surface area contributed by atoms with Crippen LogP contribution in [0.3, 0.4) is 0 Å². The molecule has 7 heteroatoms. The lowest BCUT2D eigenvalue weighted by molar-refractivity contribution is 0.0972. The number of pyridine rings is 1. The molecule has 1 amide bonds. The predicted octanol–water partition coefficient (Wildman–Crippen LogP) is 4.61. The standard InChI is InChI=1S/C26H27N5O2/c1-16-13-17(2)23-21(14-16)10-12-28-24(23)31(22-5-4-11-27-15-22)26(32)20-8-6-19(7-9-20)25-29-18(3)30-33-25/h6-10,12-14,22,27H,4-5,11,15H2,1-3H3/t22-/m1/s1. The molecule has 2 aromatic carbocycles. The van der Waals surface area contributed by atoms with Gasteiger partial charge in [-0.25, -0.2) is 4.98 Å². The van der Waals surface area contributed by atoms with E-state index in [1.807, 2.05) is 35.2 Å². The van der Waals surface area contributed by atoms with E-state index in [9.17, 15) is 4.79 Å². The van der Waals surface area contributed by atoms with E-state index >= 15 is 0 Å². The summed E-state index contributed by atoms with van der Waals surface area (Å²) >= 11 is 0. The topological polar surface area (TPSA) is 84.2 Å². The van der Waals surface area contributed by atoms with E-state index in [1.54, 1.807) is 13.1 Å². The highest BCUT2D eigenvalue weighted by Gasteiger charge is 2.30. The van der Waals surface area contributed by atoms with Crippen LogP contribution in [-0.4, -0.2) is 40.2 Å². The van der Waals surface area contributed by atoms with Gasteiger partial charge < -0.3 is 9.84 Å². The zero-order valence-electron chi connectivity index (χ0n) is 19.1. The Bertz CT molecular complexity index is 1310. The SMILES string of the molecule is Cc1cc(C)c2c(N(C(=O)c3ccc(-c4nc(C)no4)cc3)[C@@H]3CCCNC3)nccc2c1. The second-order valence-electron chi connectivity index (χ2n) is 8.71. The van der Waals surface area contributed by atoms with E-state index < -0.39 is 0 Å². The van der Waals surface area contributed by atoms with Crippen LogP contribution < -0.4 is 10.2 Å². The third-order valence-electron chi connectivity index (χ3n) is 6.17. The van der Waals surface area contributed by atoms with Crippen LogP contribution in [0.5, 0.6) is 0 Å². The number of rotatable bonds is 4. The number of fused-ring (bicyclic) bond motifs is 1. The van der Waals surface area contributed by atoms with Crippen LogP contribution in [0, 0.1) is 20.8 Å². The highest BCUT2D eigenvalue weighted by molar-refractivity contribution is 6.11. The Morgan fingerprint density at radius 3 is 2.64 bits per heavy atom. The number of aryl methyl sites for hydroxylation is 3. The van der Waals surface area contributed by atoms with Crippen molar-refractivity contribution in [2.24, 2.45) is 0 Å². The smallest absolute Gasteiger partial charge is 0.259 e. The summed E-state index contributed by atoms with van der Waals surface area (Å²) in [6, 6.07) is 13.7. The summed E-state index contributed by atoms with van der Waals surface area (Å²) in [6.07, 6.45) is 3.75. The minimum Gasteiger partial charge on any atom is -0.334 e. The molecule has 7 nitrogen and oxygen atoms in total. The second-order valence-corrected chi connectivity index (χ2v) is 8.71. The van der Waals surface area contributed by atoms with Gasteiger partial charge in [0.25, 0.3) is 11.8 Å². The first-order valence-corrected chi connectivity index (χ1v) is 11.3. The number of nitrogens with one attached hydrogen (secondary N) is 1. The first-order chi connectivity index (χ1) is 16.0. The minimum atomic E-state index is -0.0584. The lowest BCUT2D eigenvalue weighted by Gasteiger charge is -2.35. The zero-order chi connectivity index (χ0) is 22.9. The molecule has 1 aliphatic rings. The van der Waals surface area contributed by atoms with Gasteiger partial charge in [0.2, 0.25) is 0 Å². The molecule has 1 N–H and O–H groups in total. The number of amides is 1. The maximum atomic E-state index is 13.9. The summed E-state index contributed by atoms with van der Waals surface area (Å²) in [4.78, 5) is 24.8. The molecule has 0 saturated carbocycles. The first-order valence-electron chi connectivity index (χ1n) is 11.3. The summed E-state index contributed by atoms with van der Waals surface area (Å²) in [5.41, 5.74) is 3.70. The summed E-state index contributed by atoms with van der Waals surface area (Å²) in [6.45, 7) is 7.67. The molecule has 0 radical (unpaired) electrons. The molecule has 1 saturated heterocycles. The van der Waals surface area contributed by atoms with Crippen LogP contribution in [0.15, 0.2) is 53.2 Å². The van der Waals surface area contributed by atoms with Crippen LogP contribution in [-0.2, 0) is 0 Å². The van der Waals surface area contributed by atoms with Crippen molar-refractivity contribution in [2.75, 3.05) is 18.0 Å². The van der Waals surface area contributed by atoms with Crippen molar-refractivity contribution in [3.05, 3.63) is 71.2 Å². The van der Waals surface area contributed by atoms with Crippen molar-refractivity contribution < 1.29 is 9.32 Å². The lowest BCUT2D eigenvalue weighted by atomic mass is 9.99. The number of anilines is 1. The Balaban J connectivity index is 1.58. The third kappa shape index (κ3) is 4.12. The largest absolute Gasteiger partial charge is 0.334 e. The van der Waals surface area contributed by atoms with Gasteiger partial charge in [-0.2, -0.15) is 4.98 Å². The zero-order valence-corrected chi connectivity index (χ0v) is 19.1. The Kier molecular flexibility index (Phi) is 5.64. The van der Waals surface area contributed by atoms with Gasteiger partial charge in [-0.3, -0.25) is 9.69 Å². The second kappa shape index (κ2) is 8.75. The van der Waals surface area contributed by atoms with Gasteiger partial charge in [-0.1, -0.05) is 22.9 Å². The summed E-state index contributed by atoms with van der Waals surface area (Å²) < 4.78 is 5.26. The third-order valence-corrected chi connectivity index (χ3v) is 6.17. The molecule has 168 valence electrons. The van der Waals surface area contributed by atoms with Gasteiger partial charge in [-0.15, -0.1) is 0 Å². The van der Waals surface area contributed by atoms with Gasteiger partial charge in [0.15, 0.2) is 5.82 Å². The number of hydrogen-bond acceptors (Lipinski definition) is 6. The van der Waals surface area contributed by atoms with Crippen LogP contribution >= 0.6 is 0 Å². The average molecular weight is 442 g/mol. The van der Waals surface area contributed by atoms with E-state index in [-0.39, 0.29) is 11.9 Å². The van der Waals surface area contributed by atoms with E-state index in [1.165, 1.54) is 5.56 Å². The van der Waals surface area contributed by atoms with Crippen LogP contribution in [0.25, 0.3) is 22.2 Å². The Labute approximate surface area is 192 Å². The number of carbonyl (C=O) groups excluding carboxylic acids is 1. The Morgan fingerprint density at radius 2 is 1.94 bits per heavy atom. The molecule has 0 unspecified atom stereocenters. The number of piperidine rings is 1. The quantitative estimate of drug-likeness (QED) is 0.498. The summed E-state index contributed by atoms with van der Waals surface area (Å²) in [7, 11) is 0. The Hall–Kier alpha value is -3.58. The molecule has 0 bridgehead atoms. The molecule has 0 spiro atoms. The molecule has 33 heavy (non-hydrogen) atoms. The predicted molar refractivity (Wildman–Crippen MR) is 128 cm³/mol. The number of benzene rings is 2. The molecule has 4 aromatic rings. The Morgan fingerprint density at radius 1 is 1.12 bits per heavy atom. The van der Waals surface area contributed by atoms with Crippen molar-refractivity contribution in [3.63, 3.8) is 0 Å². The van der Waals surface area contributed by atoms with E-state index in [0.29, 0.717) is 17.3 Å². The average Bonchev–Trinajstić information content (AvgIpc) is 3.26. The summed E-state index contributed by atoms with van der Waals surface area (Å²) in [5.74, 6) is 1.69. The summed E-state index contributed by atoms with van der Waals surface area (Å²) in [5, 5.41) is 9.42. The van der Waals surface area contributed by atoms with Crippen molar-refractivity contribution in [1.29, 1.82) is 0 Å². The van der Waals surface area contributed by atoms with Gasteiger partial charge in [0.05, 0.1) is 6.04 Å². The van der Waals surface area contributed by atoms with Crippen LogP contribution in [0.4, 0.5) is 5.82 Å². The fourth-order valence-electron chi connectivity index (χ4n) is 4.67. The van der Waals surface area contributed by atoms with E-state index in [0.717, 1.165) is 53.6 Å². The minimum absolute atomic E-state index is 0.0309. The fourth-order valence-corrected chi connectivity index (χ4v) is 4.67. The molecular weight excluding hydrogens is 414 g/mol. The number of nitrogens with zero attached hydrogens (tertiary/aromatic N) is 4. The number of carbonyl (C=O) groups is 1. The molecule has 1 aliphatic heterocycles. The highest BCUT2D eigenvalue weighted by atomic mass is 16.5. The van der Waals surface area contributed by atoms with Gasteiger partial charge >= 0.3 is 0 Å². The normalized spacial score (nSPS) is 16.2. The molecule has 1 atom stereocenters. The van der Waals surface area contributed by atoms with Crippen molar-refractivity contribution >= 4 is 22.5 Å². The van der Waals surface area contributed by atoms with E-state index in [4.69, 9.17) is 9.51 Å². The maximum Gasteiger partial charge on any atom is 0.259 e. The maximum absolute atomic E-state index is 13.9. The van der Waals surface area contributed by atoms with Crippen molar-refractivity contribution in [1.82, 2.24) is 20.4 Å². The van der Waals surface area contributed by atoms with Gasteiger partial charge in [-0.05, 0) is 81.4 Å². The van der Waals surface area contributed by atoms with Gasteiger partial charge in [0.1, 0.15) is 5.82 Å². The van der Waals surface area contributed by atoms with Crippen molar-refractivity contribution in [2.45, 2.75) is 39.7 Å². The number of aromatic nitrogens is 3. The lowest BCUT2D eigenvalue weighted by Crippen LogP contribution is -2.49. The van der Waals surface area contributed by atoms with E-state index in [2.05, 4.69) is 41.4 Å². The molecule has 3 heterocycles. The highest BCUT2D eigenvalue weighted by Crippen LogP contribution is 2.32. The first kappa shape index (κ1) is 21.3. The van der Waals surface area contributed by atoms with Crippen LogP contribution in [0.1, 0.15) is 40.2 Å². The molecular formula is C26H27N5O2. The fraction of sp³-hybridized carbons (Fsp3) is 0.308. The van der Waals surface area contributed by atoms with Crippen LogP contribution in [0.2, 0.25) is 0 Å². The molecule has 5 rings (SSSR count). The number of hydrogen-bond donors (Lipinski definition) is 1. The van der Waals surface area contributed by atoms with Gasteiger partial charge in [0, 0.05) is 29.3 Å². The molecule has 2 aromatic heterocycles. The monoisotopic (exact) mass is 441 g/mol. The molecule has 1 fully saturated rings. The molecule has 0 aliphatic carbocycles. The van der Waals surface area contributed by atoms with Crippen molar-refractivity contribution in [3.8, 4) is 11.5 Å².